The van der Waals surface area contributed by atoms with Crippen LogP contribution < -0.4 is 14.8 Å². The number of carbonyl (C=O) groups is 2. The van der Waals surface area contributed by atoms with Crippen molar-refractivity contribution in [3.05, 3.63) is 59.2 Å². The maximum Gasteiger partial charge on any atom is 0.325 e. The van der Waals surface area contributed by atoms with Crippen molar-refractivity contribution in [1.29, 1.82) is 0 Å². The van der Waals surface area contributed by atoms with Crippen molar-refractivity contribution in [2.24, 2.45) is 0 Å². The lowest BCUT2D eigenvalue weighted by atomic mass is 10.1. The van der Waals surface area contributed by atoms with Gasteiger partial charge in [-0.15, -0.1) is 0 Å². The number of nitrogens with zero attached hydrogens (tertiary/aromatic N) is 1. The maximum absolute atomic E-state index is 12.7. The Morgan fingerprint density at radius 1 is 1.04 bits per heavy atom. The highest BCUT2D eigenvalue weighted by Crippen LogP contribution is 2.31. The third-order valence-corrected chi connectivity index (χ3v) is 4.56. The maximum atomic E-state index is 12.7. The summed E-state index contributed by atoms with van der Waals surface area (Å²) in [4.78, 5) is 26.3. The van der Waals surface area contributed by atoms with E-state index in [-0.39, 0.29) is 18.5 Å². The number of amides is 3. The molecule has 0 aliphatic carbocycles. The molecule has 2 aromatic rings. The third kappa shape index (κ3) is 3.49. The van der Waals surface area contributed by atoms with Crippen LogP contribution in [0.2, 0.25) is 0 Å². The van der Waals surface area contributed by atoms with Crippen LogP contribution in [0.5, 0.6) is 11.5 Å². The van der Waals surface area contributed by atoms with Crippen LogP contribution in [0.4, 0.5) is 4.79 Å². The Labute approximate surface area is 152 Å². The smallest absolute Gasteiger partial charge is 0.325 e. The number of carbonyl (C=O) groups excluding carboxylic acids is 2. The van der Waals surface area contributed by atoms with Gasteiger partial charge in [0.2, 0.25) is 0 Å². The zero-order valence-electron chi connectivity index (χ0n) is 15.1. The number of ether oxygens (including phenoxy) is 2. The molecular weight excluding hydrogens is 332 g/mol. The molecule has 1 N–H and O–H groups in total. The van der Waals surface area contributed by atoms with E-state index in [9.17, 15) is 9.59 Å². The molecule has 1 aliphatic heterocycles. The molecule has 0 unspecified atom stereocenters. The van der Waals surface area contributed by atoms with Crippen LogP contribution in [0.25, 0.3) is 0 Å². The average molecular weight is 354 g/mol. The SMILES string of the molecule is COc1cc(C)c(CN2C(=O)N[C@H](Cc3ccccc3)C2=O)cc1OC. The van der Waals surface area contributed by atoms with Crippen molar-refractivity contribution >= 4 is 11.9 Å². The minimum atomic E-state index is -0.537. The van der Waals surface area contributed by atoms with Gasteiger partial charge >= 0.3 is 6.03 Å². The molecule has 6 nitrogen and oxygen atoms in total. The van der Waals surface area contributed by atoms with Crippen molar-refractivity contribution in [2.75, 3.05) is 14.2 Å². The van der Waals surface area contributed by atoms with E-state index in [2.05, 4.69) is 5.32 Å². The number of benzene rings is 2. The van der Waals surface area contributed by atoms with Crippen LogP contribution in [-0.2, 0) is 17.8 Å². The number of hydrogen-bond acceptors (Lipinski definition) is 4. The topological polar surface area (TPSA) is 67.9 Å². The van der Waals surface area contributed by atoms with Gasteiger partial charge in [-0.1, -0.05) is 30.3 Å². The fourth-order valence-corrected chi connectivity index (χ4v) is 3.08. The second-order valence-electron chi connectivity index (χ2n) is 6.25. The van der Waals surface area contributed by atoms with Gasteiger partial charge < -0.3 is 14.8 Å². The standard InChI is InChI=1S/C20H22N2O4/c1-13-9-17(25-2)18(26-3)11-15(13)12-22-19(23)16(21-20(22)24)10-14-7-5-4-6-8-14/h4-9,11,16H,10,12H2,1-3H3,(H,21,24)/t16-/m1/s1. The summed E-state index contributed by atoms with van der Waals surface area (Å²) >= 11 is 0. The van der Waals surface area contributed by atoms with Crippen LogP contribution in [0.15, 0.2) is 42.5 Å². The summed E-state index contributed by atoms with van der Waals surface area (Å²) in [6.45, 7) is 2.11. The van der Waals surface area contributed by atoms with Crippen LogP contribution in [-0.4, -0.2) is 37.1 Å². The Balaban J connectivity index is 1.78. The lowest BCUT2D eigenvalue weighted by Crippen LogP contribution is -2.32. The molecule has 1 aliphatic rings. The molecule has 1 fully saturated rings. The molecule has 3 amide bonds. The van der Waals surface area contributed by atoms with Gasteiger partial charge in [-0.2, -0.15) is 0 Å². The van der Waals surface area contributed by atoms with E-state index >= 15 is 0 Å². The van der Waals surface area contributed by atoms with Crippen molar-refractivity contribution in [1.82, 2.24) is 10.2 Å². The monoisotopic (exact) mass is 354 g/mol. The van der Waals surface area contributed by atoms with Crippen LogP contribution in [0.3, 0.4) is 0 Å². The summed E-state index contributed by atoms with van der Waals surface area (Å²) in [7, 11) is 3.13. The van der Waals surface area contributed by atoms with E-state index < -0.39 is 6.04 Å². The zero-order valence-corrected chi connectivity index (χ0v) is 15.1. The van der Waals surface area contributed by atoms with Crippen molar-refractivity contribution in [3.8, 4) is 11.5 Å². The highest BCUT2D eigenvalue weighted by Gasteiger charge is 2.38. The number of imide groups is 1. The van der Waals surface area contributed by atoms with E-state index in [1.165, 1.54) is 4.90 Å². The Hall–Kier alpha value is -3.02. The van der Waals surface area contributed by atoms with Gasteiger partial charge in [-0.3, -0.25) is 9.69 Å². The first kappa shape index (κ1) is 17.8. The fraction of sp³-hybridized carbons (Fsp3) is 0.300. The molecule has 6 heteroatoms. The number of urea groups is 1. The van der Waals surface area contributed by atoms with Crippen molar-refractivity contribution in [3.63, 3.8) is 0 Å². The number of rotatable bonds is 6. The number of nitrogens with one attached hydrogen (secondary N) is 1. The van der Waals surface area contributed by atoms with Gasteiger partial charge in [0.1, 0.15) is 6.04 Å². The van der Waals surface area contributed by atoms with E-state index in [1.807, 2.05) is 43.3 Å². The van der Waals surface area contributed by atoms with Crippen molar-refractivity contribution < 1.29 is 19.1 Å². The van der Waals surface area contributed by atoms with Crippen LogP contribution in [0, 0.1) is 6.92 Å². The van der Waals surface area contributed by atoms with Crippen LogP contribution in [0.1, 0.15) is 16.7 Å². The predicted molar refractivity (Wildman–Crippen MR) is 97.3 cm³/mol. The molecule has 1 saturated heterocycles. The molecule has 3 rings (SSSR count). The molecule has 0 aromatic heterocycles. The largest absolute Gasteiger partial charge is 0.493 e. The Kier molecular flexibility index (Phi) is 5.11. The second kappa shape index (κ2) is 7.47. The minimum Gasteiger partial charge on any atom is -0.493 e. The van der Waals surface area contributed by atoms with Crippen molar-refractivity contribution in [2.45, 2.75) is 25.9 Å². The summed E-state index contributed by atoms with van der Waals surface area (Å²) in [5.74, 6) is 0.974. The lowest BCUT2D eigenvalue weighted by molar-refractivity contribution is -0.127. The van der Waals surface area contributed by atoms with Gasteiger partial charge in [0.25, 0.3) is 5.91 Å². The molecule has 2 aromatic carbocycles. The normalized spacial score (nSPS) is 16.6. The summed E-state index contributed by atoms with van der Waals surface area (Å²) in [5, 5.41) is 2.77. The first-order valence-corrected chi connectivity index (χ1v) is 8.40. The highest BCUT2D eigenvalue weighted by molar-refractivity contribution is 6.04. The first-order valence-electron chi connectivity index (χ1n) is 8.40. The van der Waals surface area contributed by atoms with E-state index in [1.54, 1.807) is 20.3 Å². The third-order valence-electron chi connectivity index (χ3n) is 4.56. The summed E-state index contributed by atoms with van der Waals surface area (Å²) in [6.07, 6.45) is 0.479. The zero-order chi connectivity index (χ0) is 18.7. The Morgan fingerprint density at radius 2 is 1.69 bits per heavy atom. The van der Waals surface area contributed by atoms with Gasteiger partial charge in [-0.25, -0.2) is 4.79 Å². The minimum absolute atomic E-state index is 0.197. The molecule has 26 heavy (non-hydrogen) atoms. The molecule has 0 saturated carbocycles. The van der Waals surface area contributed by atoms with Crippen LogP contribution >= 0.6 is 0 Å². The lowest BCUT2D eigenvalue weighted by Gasteiger charge is -2.17. The van der Waals surface area contributed by atoms with Gasteiger partial charge in [0, 0.05) is 6.42 Å². The molecule has 0 bridgehead atoms. The van der Waals surface area contributed by atoms with Gasteiger partial charge in [0.15, 0.2) is 11.5 Å². The van der Waals surface area contributed by atoms with E-state index in [0.717, 1.165) is 16.7 Å². The van der Waals surface area contributed by atoms with E-state index in [0.29, 0.717) is 17.9 Å². The summed E-state index contributed by atoms with van der Waals surface area (Å²) < 4.78 is 10.6. The Morgan fingerprint density at radius 3 is 2.35 bits per heavy atom. The number of hydrogen-bond donors (Lipinski definition) is 1. The number of methoxy groups -OCH3 is 2. The molecule has 0 radical (unpaired) electrons. The summed E-state index contributed by atoms with van der Waals surface area (Å²) in [6, 6.07) is 12.4. The molecule has 0 spiro atoms. The molecule has 136 valence electrons. The average Bonchev–Trinajstić information content (AvgIpc) is 2.91. The summed E-state index contributed by atoms with van der Waals surface area (Å²) in [5.41, 5.74) is 2.77. The quantitative estimate of drug-likeness (QED) is 0.810. The predicted octanol–water partition coefficient (Wildman–Crippen LogP) is 2.68. The van der Waals surface area contributed by atoms with E-state index in [4.69, 9.17) is 9.47 Å². The highest BCUT2D eigenvalue weighted by atomic mass is 16.5. The second-order valence-corrected chi connectivity index (χ2v) is 6.25. The fourth-order valence-electron chi connectivity index (χ4n) is 3.08. The molecular formula is C20H22N2O4. The first-order chi connectivity index (χ1) is 12.5. The number of aryl methyl sites for hydroxylation is 1. The Bertz CT molecular complexity index is 820. The van der Waals surface area contributed by atoms with Gasteiger partial charge in [-0.05, 0) is 35.7 Å². The van der Waals surface area contributed by atoms with Gasteiger partial charge in [0.05, 0.1) is 20.8 Å². The molecule has 1 heterocycles. The molecule has 1 atom stereocenters.